The van der Waals surface area contributed by atoms with Gasteiger partial charge in [-0.05, 0) is 14.0 Å². The van der Waals surface area contributed by atoms with Crippen molar-refractivity contribution in [2.24, 2.45) is 0 Å². The highest BCUT2D eigenvalue weighted by atomic mass is 16.5. The van der Waals surface area contributed by atoms with Gasteiger partial charge >= 0.3 is 0 Å². The number of ether oxygens (including phenoxy) is 1. The summed E-state index contributed by atoms with van der Waals surface area (Å²) in [5, 5.41) is 0. The summed E-state index contributed by atoms with van der Waals surface area (Å²) in [5.41, 5.74) is 0. The Morgan fingerprint density at radius 2 is 2.42 bits per heavy atom. The number of piperazine rings is 1. The maximum Gasteiger partial charge on any atom is 0.225 e. The lowest BCUT2D eigenvalue weighted by Crippen LogP contribution is -2.49. The molecule has 1 fully saturated rings. The van der Waals surface area contributed by atoms with Crippen molar-refractivity contribution in [1.82, 2.24) is 19.8 Å². The highest BCUT2D eigenvalue weighted by Crippen LogP contribution is 2.21. The standard InChI is InChI=1S/C13H22N4O2/c1-10(19-3)8-12(18)17-7-6-16(2)11(9-17)13-14-4-5-15-13/h4-5,10-11H,6-9H2,1-3H3,(H,14,15)/t10-,11+/m1/s1. The van der Waals surface area contributed by atoms with E-state index in [9.17, 15) is 4.79 Å². The van der Waals surface area contributed by atoms with Crippen molar-refractivity contribution in [3.63, 3.8) is 0 Å². The van der Waals surface area contributed by atoms with E-state index in [1.54, 1.807) is 13.3 Å². The van der Waals surface area contributed by atoms with Gasteiger partial charge in [0.1, 0.15) is 5.82 Å². The number of carbonyl (C=O) groups is 1. The van der Waals surface area contributed by atoms with Crippen molar-refractivity contribution in [3.8, 4) is 0 Å². The van der Waals surface area contributed by atoms with Crippen LogP contribution in [0.5, 0.6) is 0 Å². The van der Waals surface area contributed by atoms with Crippen LogP contribution in [0.15, 0.2) is 12.4 Å². The Bertz CT molecular complexity index is 407. The molecule has 1 aromatic heterocycles. The van der Waals surface area contributed by atoms with Crippen molar-refractivity contribution < 1.29 is 9.53 Å². The summed E-state index contributed by atoms with van der Waals surface area (Å²) in [6.45, 7) is 4.22. The molecule has 0 saturated carbocycles. The summed E-state index contributed by atoms with van der Waals surface area (Å²) in [4.78, 5) is 23.8. The minimum absolute atomic E-state index is 0.0331. The summed E-state index contributed by atoms with van der Waals surface area (Å²) < 4.78 is 5.16. The summed E-state index contributed by atoms with van der Waals surface area (Å²) in [5.74, 6) is 1.07. The maximum atomic E-state index is 12.2. The van der Waals surface area contributed by atoms with E-state index in [-0.39, 0.29) is 18.1 Å². The molecular formula is C13H22N4O2. The van der Waals surface area contributed by atoms with E-state index in [1.807, 2.05) is 18.0 Å². The Morgan fingerprint density at radius 1 is 1.63 bits per heavy atom. The molecule has 106 valence electrons. The van der Waals surface area contributed by atoms with Crippen molar-refractivity contribution in [1.29, 1.82) is 0 Å². The molecule has 0 spiro atoms. The van der Waals surface area contributed by atoms with Gasteiger partial charge in [-0.3, -0.25) is 9.69 Å². The molecule has 1 aliphatic rings. The van der Waals surface area contributed by atoms with Crippen LogP contribution in [0.3, 0.4) is 0 Å². The van der Waals surface area contributed by atoms with Crippen LogP contribution in [0, 0.1) is 0 Å². The molecule has 0 unspecified atom stereocenters. The normalized spacial score (nSPS) is 22.5. The lowest BCUT2D eigenvalue weighted by atomic mass is 10.1. The first kappa shape index (κ1) is 14.0. The number of hydrogen-bond acceptors (Lipinski definition) is 4. The van der Waals surface area contributed by atoms with Gasteiger partial charge in [-0.25, -0.2) is 4.98 Å². The molecule has 0 radical (unpaired) electrons. The number of aromatic amines is 1. The number of H-pyrrole nitrogens is 1. The van der Waals surface area contributed by atoms with E-state index < -0.39 is 0 Å². The second-order valence-corrected chi connectivity index (χ2v) is 5.06. The molecule has 2 rings (SSSR count). The monoisotopic (exact) mass is 266 g/mol. The molecule has 6 nitrogen and oxygen atoms in total. The van der Waals surface area contributed by atoms with Crippen LogP contribution in [0.25, 0.3) is 0 Å². The molecule has 1 aromatic rings. The lowest BCUT2D eigenvalue weighted by molar-refractivity contribution is -0.136. The minimum Gasteiger partial charge on any atom is -0.381 e. The third-order valence-electron chi connectivity index (χ3n) is 3.70. The zero-order valence-corrected chi connectivity index (χ0v) is 11.8. The van der Waals surface area contributed by atoms with Gasteiger partial charge in [0.15, 0.2) is 0 Å². The Hall–Kier alpha value is -1.40. The summed E-state index contributed by atoms with van der Waals surface area (Å²) in [6, 6.07) is 0.144. The number of aromatic nitrogens is 2. The number of carbonyl (C=O) groups excluding carboxylic acids is 1. The molecule has 0 aromatic carbocycles. The maximum absolute atomic E-state index is 12.2. The van der Waals surface area contributed by atoms with Crippen LogP contribution >= 0.6 is 0 Å². The molecule has 19 heavy (non-hydrogen) atoms. The van der Waals surface area contributed by atoms with Crippen LogP contribution in [-0.2, 0) is 9.53 Å². The molecule has 1 aliphatic heterocycles. The number of amides is 1. The number of likely N-dealkylation sites (N-methyl/N-ethyl adjacent to an activating group) is 1. The molecule has 1 amide bonds. The molecular weight excluding hydrogens is 244 g/mol. The minimum atomic E-state index is -0.0331. The second-order valence-electron chi connectivity index (χ2n) is 5.06. The van der Waals surface area contributed by atoms with E-state index in [0.717, 1.165) is 18.9 Å². The molecule has 0 aliphatic carbocycles. The largest absolute Gasteiger partial charge is 0.381 e. The van der Waals surface area contributed by atoms with E-state index >= 15 is 0 Å². The van der Waals surface area contributed by atoms with Crippen LogP contribution in [0.2, 0.25) is 0 Å². The van der Waals surface area contributed by atoms with Gasteiger partial charge in [0.25, 0.3) is 0 Å². The average molecular weight is 266 g/mol. The zero-order valence-electron chi connectivity index (χ0n) is 11.8. The molecule has 1 saturated heterocycles. The third kappa shape index (κ3) is 3.33. The highest BCUT2D eigenvalue weighted by Gasteiger charge is 2.30. The van der Waals surface area contributed by atoms with Gasteiger partial charge < -0.3 is 14.6 Å². The van der Waals surface area contributed by atoms with Gasteiger partial charge in [0, 0.05) is 39.1 Å². The summed E-state index contributed by atoms with van der Waals surface area (Å²) in [6.07, 6.45) is 3.97. The Morgan fingerprint density at radius 3 is 3.05 bits per heavy atom. The molecule has 0 bridgehead atoms. The summed E-state index contributed by atoms with van der Waals surface area (Å²) >= 11 is 0. The van der Waals surface area contributed by atoms with Crippen LogP contribution in [0.1, 0.15) is 25.2 Å². The van der Waals surface area contributed by atoms with Gasteiger partial charge in [-0.15, -0.1) is 0 Å². The number of rotatable bonds is 4. The Labute approximate surface area is 113 Å². The van der Waals surface area contributed by atoms with Crippen LogP contribution in [0.4, 0.5) is 0 Å². The van der Waals surface area contributed by atoms with Crippen molar-refractivity contribution >= 4 is 5.91 Å². The van der Waals surface area contributed by atoms with Gasteiger partial charge in [0.05, 0.1) is 18.6 Å². The van der Waals surface area contributed by atoms with Crippen molar-refractivity contribution in [2.75, 3.05) is 33.8 Å². The average Bonchev–Trinajstić information content (AvgIpc) is 2.92. The van der Waals surface area contributed by atoms with E-state index in [2.05, 4.69) is 21.9 Å². The fourth-order valence-corrected chi connectivity index (χ4v) is 2.31. The van der Waals surface area contributed by atoms with Crippen molar-refractivity contribution in [2.45, 2.75) is 25.5 Å². The molecule has 1 N–H and O–H groups in total. The third-order valence-corrected chi connectivity index (χ3v) is 3.70. The topological polar surface area (TPSA) is 61.5 Å². The first-order valence-electron chi connectivity index (χ1n) is 6.62. The van der Waals surface area contributed by atoms with E-state index in [0.29, 0.717) is 13.0 Å². The number of imidazole rings is 1. The predicted molar refractivity (Wildman–Crippen MR) is 71.6 cm³/mol. The van der Waals surface area contributed by atoms with E-state index in [4.69, 9.17) is 4.74 Å². The molecule has 2 heterocycles. The fraction of sp³-hybridized carbons (Fsp3) is 0.692. The molecule has 2 atom stereocenters. The second kappa shape index (κ2) is 6.16. The number of methoxy groups -OCH3 is 1. The Kier molecular flexibility index (Phi) is 4.55. The van der Waals surface area contributed by atoms with Crippen molar-refractivity contribution in [3.05, 3.63) is 18.2 Å². The smallest absolute Gasteiger partial charge is 0.225 e. The summed E-state index contributed by atoms with van der Waals surface area (Å²) in [7, 11) is 3.69. The SMILES string of the molecule is CO[C@H](C)CC(=O)N1CCN(C)[C@H](c2ncc[nH]2)C1. The number of nitrogens with one attached hydrogen (secondary N) is 1. The quantitative estimate of drug-likeness (QED) is 0.869. The zero-order chi connectivity index (χ0) is 13.8. The van der Waals surface area contributed by atoms with Gasteiger partial charge in [-0.1, -0.05) is 0 Å². The predicted octanol–water partition coefficient (Wildman–Crippen LogP) is 0.650. The highest BCUT2D eigenvalue weighted by molar-refractivity contribution is 5.76. The fourth-order valence-electron chi connectivity index (χ4n) is 2.31. The molecule has 6 heteroatoms. The van der Waals surface area contributed by atoms with Gasteiger partial charge in [0.2, 0.25) is 5.91 Å². The Balaban J connectivity index is 1.99. The first-order chi connectivity index (χ1) is 9.11. The van der Waals surface area contributed by atoms with E-state index in [1.165, 1.54) is 0 Å². The van der Waals surface area contributed by atoms with Crippen LogP contribution < -0.4 is 0 Å². The number of hydrogen-bond donors (Lipinski definition) is 1. The lowest BCUT2D eigenvalue weighted by Gasteiger charge is -2.38. The van der Waals surface area contributed by atoms with Crippen LogP contribution in [-0.4, -0.2) is 65.6 Å². The first-order valence-corrected chi connectivity index (χ1v) is 6.62. The van der Waals surface area contributed by atoms with Gasteiger partial charge in [-0.2, -0.15) is 0 Å². The number of nitrogens with zero attached hydrogens (tertiary/aromatic N) is 3.